The standard InChI is InChI=1S/C14H11BrN2O5S/c15-12-6-5-10(7-11(12)14(19)20)23(21,22)17-9-3-1-8(2-4-9)13(16)18/h1-7,17H,(H2,16,18)(H,19,20). The van der Waals surface area contributed by atoms with Gasteiger partial charge in [-0.25, -0.2) is 13.2 Å². The summed E-state index contributed by atoms with van der Waals surface area (Å²) >= 11 is 3.05. The number of carbonyl (C=O) groups excluding carboxylic acids is 1. The van der Waals surface area contributed by atoms with Crippen molar-refractivity contribution in [3.8, 4) is 0 Å². The van der Waals surface area contributed by atoms with Crippen LogP contribution in [0.4, 0.5) is 5.69 Å². The first kappa shape index (κ1) is 17.0. The second-order valence-corrected chi connectivity index (χ2v) is 7.03. The lowest BCUT2D eigenvalue weighted by Crippen LogP contribution is -2.15. The summed E-state index contributed by atoms with van der Waals surface area (Å²) in [6.45, 7) is 0. The molecule has 0 fully saturated rings. The molecule has 2 rings (SSSR count). The summed E-state index contributed by atoms with van der Waals surface area (Å²) in [4.78, 5) is 21.9. The predicted octanol–water partition coefficient (Wildman–Crippen LogP) is 2.05. The zero-order valence-corrected chi connectivity index (χ0v) is 13.9. The number of benzene rings is 2. The summed E-state index contributed by atoms with van der Waals surface area (Å²) in [5.41, 5.74) is 5.39. The van der Waals surface area contributed by atoms with Gasteiger partial charge in [0, 0.05) is 15.7 Å². The van der Waals surface area contributed by atoms with Gasteiger partial charge in [-0.1, -0.05) is 0 Å². The van der Waals surface area contributed by atoms with Crippen LogP contribution in [-0.4, -0.2) is 25.4 Å². The number of primary amides is 1. The topological polar surface area (TPSA) is 127 Å². The number of amides is 1. The summed E-state index contributed by atoms with van der Waals surface area (Å²) in [5.74, 6) is -1.88. The van der Waals surface area contributed by atoms with Crippen LogP contribution in [-0.2, 0) is 10.0 Å². The average molecular weight is 399 g/mol. The highest BCUT2D eigenvalue weighted by atomic mass is 79.9. The zero-order valence-electron chi connectivity index (χ0n) is 11.5. The highest BCUT2D eigenvalue weighted by Crippen LogP contribution is 2.23. The molecule has 2 aromatic carbocycles. The molecule has 0 unspecified atom stereocenters. The van der Waals surface area contributed by atoms with Crippen molar-refractivity contribution in [1.82, 2.24) is 0 Å². The Kier molecular flexibility index (Phi) is 4.71. The van der Waals surface area contributed by atoms with E-state index in [1.54, 1.807) is 0 Å². The molecule has 0 aliphatic heterocycles. The molecule has 9 heteroatoms. The number of halogens is 1. The molecule has 2 aromatic rings. The van der Waals surface area contributed by atoms with E-state index >= 15 is 0 Å². The molecule has 0 heterocycles. The quantitative estimate of drug-likeness (QED) is 0.709. The Morgan fingerprint density at radius 3 is 2.22 bits per heavy atom. The average Bonchev–Trinajstić information content (AvgIpc) is 2.47. The molecule has 7 nitrogen and oxygen atoms in total. The van der Waals surface area contributed by atoms with Crippen LogP contribution in [0.5, 0.6) is 0 Å². The van der Waals surface area contributed by atoms with E-state index in [1.807, 2.05) is 0 Å². The van der Waals surface area contributed by atoms with E-state index in [9.17, 15) is 18.0 Å². The molecule has 23 heavy (non-hydrogen) atoms. The van der Waals surface area contributed by atoms with Gasteiger partial charge in [0.2, 0.25) is 5.91 Å². The minimum atomic E-state index is -3.97. The van der Waals surface area contributed by atoms with Gasteiger partial charge in [-0.2, -0.15) is 0 Å². The van der Waals surface area contributed by atoms with Crippen molar-refractivity contribution >= 4 is 43.5 Å². The van der Waals surface area contributed by atoms with Crippen LogP contribution in [0.1, 0.15) is 20.7 Å². The number of aromatic carboxylic acids is 1. The number of nitrogens with one attached hydrogen (secondary N) is 1. The van der Waals surface area contributed by atoms with Crippen LogP contribution >= 0.6 is 15.9 Å². The van der Waals surface area contributed by atoms with Gasteiger partial charge in [0.15, 0.2) is 0 Å². The van der Waals surface area contributed by atoms with E-state index in [2.05, 4.69) is 20.7 Å². The lowest BCUT2D eigenvalue weighted by molar-refractivity contribution is 0.0695. The Morgan fingerprint density at radius 1 is 1.09 bits per heavy atom. The zero-order chi connectivity index (χ0) is 17.2. The number of rotatable bonds is 5. The van der Waals surface area contributed by atoms with E-state index < -0.39 is 21.9 Å². The lowest BCUT2D eigenvalue weighted by Gasteiger charge is -2.09. The third-order valence-electron chi connectivity index (χ3n) is 2.90. The molecule has 4 N–H and O–H groups in total. The predicted molar refractivity (Wildman–Crippen MR) is 86.9 cm³/mol. The van der Waals surface area contributed by atoms with Crippen molar-refractivity contribution in [2.75, 3.05) is 4.72 Å². The fraction of sp³-hybridized carbons (Fsp3) is 0. The Balaban J connectivity index is 2.33. The molecule has 0 aromatic heterocycles. The summed E-state index contributed by atoms with van der Waals surface area (Å²) < 4.78 is 27.2. The fourth-order valence-corrected chi connectivity index (χ4v) is 3.25. The molecule has 0 saturated carbocycles. The smallest absolute Gasteiger partial charge is 0.336 e. The number of hydrogen-bond acceptors (Lipinski definition) is 4. The number of carboxylic acid groups (broad SMARTS) is 1. The first-order chi connectivity index (χ1) is 10.7. The maximum absolute atomic E-state index is 12.3. The van der Waals surface area contributed by atoms with Crippen LogP contribution in [0.3, 0.4) is 0 Å². The number of sulfonamides is 1. The van der Waals surface area contributed by atoms with Crippen LogP contribution in [0, 0.1) is 0 Å². The molecule has 0 saturated heterocycles. The van der Waals surface area contributed by atoms with Gasteiger partial charge in [-0.05, 0) is 58.4 Å². The minimum absolute atomic E-state index is 0.169. The van der Waals surface area contributed by atoms with Crippen molar-refractivity contribution in [2.24, 2.45) is 5.73 Å². The maximum atomic E-state index is 12.3. The van der Waals surface area contributed by atoms with Gasteiger partial charge < -0.3 is 10.8 Å². The van der Waals surface area contributed by atoms with Crippen molar-refractivity contribution in [1.29, 1.82) is 0 Å². The second-order valence-electron chi connectivity index (χ2n) is 4.49. The number of nitrogens with two attached hydrogens (primary N) is 1. The van der Waals surface area contributed by atoms with E-state index in [1.165, 1.54) is 36.4 Å². The molecule has 0 aliphatic carbocycles. The van der Waals surface area contributed by atoms with Crippen LogP contribution in [0.2, 0.25) is 0 Å². The first-order valence-corrected chi connectivity index (χ1v) is 8.44. The van der Waals surface area contributed by atoms with Gasteiger partial charge in [0.25, 0.3) is 10.0 Å². The highest BCUT2D eigenvalue weighted by molar-refractivity contribution is 9.10. The minimum Gasteiger partial charge on any atom is -0.478 e. The number of carbonyl (C=O) groups is 2. The fourth-order valence-electron chi connectivity index (χ4n) is 1.75. The largest absolute Gasteiger partial charge is 0.478 e. The van der Waals surface area contributed by atoms with Gasteiger partial charge in [-0.3, -0.25) is 9.52 Å². The van der Waals surface area contributed by atoms with Crippen molar-refractivity contribution < 1.29 is 23.1 Å². The molecule has 0 spiro atoms. The van der Waals surface area contributed by atoms with E-state index in [0.29, 0.717) is 0 Å². The van der Waals surface area contributed by atoms with E-state index in [0.717, 1.165) is 6.07 Å². The Labute approximate surface area is 140 Å². The Bertz CT molecular complexity index is 879. The molecule has 120 valence electrons. The summed E-state index contributed by atoms with van der Waals surface area (Å²) in [6.07, 6.45) is 0. The van der Waals surface area contributed by atoms with Crippen LogP contribution in [0.15, 0.2) is 51.8 Å². The molecule has 0 radical (unpaired) electrons. The summed E-state index contributed by atoms with van der Waals surface area (Å²) in [5, 5.41) is 9.04. The van der Waals surface area contributed by atoms with E-state index in [-0.39, 0.29) is 26.2 Å². The Hall–Kier alpha value is -2.39. The van der Waals surface area contributed by atoms with Crippen molar-refractivity contribution in [3.63, 3.8) is 0 Å². The normalized spacial score (nSPS) is 11.0. The van der Waals surface area contributed by atoms with Gasteiger partial charge >= 0.3 is 5.97 Å². The molecule has 1 amide bonds. The third-order valence-corrected chi connectivity index (χ3v) is 4.97. The van der Waals surface area contributed by atoms with Crippen molar-refractivity contribution in [3.05, 3.63) is 58.1 Å². The highest BCUT2D eigenvalue weighted by Gasteiger charge is 2.18. The number of anilines is 1. The SMILES string of the molecule is NC(=O)c1ccc(NS(=O)(=O)c2ccc(Br)c(C(=O)O)c2)cc1. The monoisotopic (exact) mass is 398 g/mol. The summed E-state index contributed by atoms with van der Waals surface area (Å²) in [6, 6.07) is 9.19. The molecule has 0 bridgehead atoms. The van der Waals surface area contributed by atoms with Gasteiger partial charge in [-0.15, -0.1) is 0 Å². The molecule has 0 atom stereocenters. The maximum Gasteiger partial charge on any atom is 0.336 e. The van der Waals surface area contributed by atoms with Gasteiger partial charge in [0.1, 0.15) is 0 Å². The van der Waals surface area contributed by atoms with Crippen molar-refractivity contribution in [2.45, 2.75) is 4.90 Å². The van der Waals surface area contributed by atoms with Crippen LogP contribution < -0.4 is 10.5 Å². The number of hydrogen-bond donors (Lipinski definition) is 3. The first-order valence-electron chi connectivity index (χ1n) is 6.16. The Morgan fingerprint density at radius 2 is 1.70 bits per heavy atom. The molecular weight excluding hydrogens is 388 g/mol. The number of carboxylic acids is 1. The van der Waals surface area contributed by atoms with E-state index in [4.69, 9.17) is 10.8 Å². The van der Waals surface area contributed by atoms with Crippen LogP contribution in [0.25, 0.3) is 0 Å². The third kappa shape index (κ3) is 3.88. The molecule has 0 aliphatic rings. The second kappa shape index (κ2) is 6.39. The van der Waals surface area contributed by atoms with Gasteiger partial charge in [0.05, 0.1) is 10.5 Å². The lowest BCUT2D eigenvalue weighted by atomic mass is 10.2. The summed E-state index contributed by atoms with van der Waals surface area (Å²) in [7, 11) is -3.97. The molecular formula is C14H11BrN2O5S.